The van der Waals surface area contributed by atoms with Crippen molar-refractivity contribution in [3.8, 4) is 17.2 Å². The van der Waals surface area contributed by atoms with Crippen molar-refractivity contribution in [2.45, 2.75) is 26.4 Å². The monoisotopic (exact) mass is 385 g/mol. The summed E-state index contributed by atoms with van der Waals surface area (Å²) in [7, 11) is 3.24. The van der Waals surface area contributed by atoms with Gasteiger partial charge in [-0.2, -0.15) is 5.10 Å². The van der Waals surface area contributed by atoms with Gasteiger partial charge in [0.05, 0.1) is 26.1 Å². The fourth-order valence-corrected chi connectivity index (χ4v) is 3.42. The third-order valence-corrected chi connectivity index (χ3v) is 4.85. The second-order valence-electron chi connectivity index (χ2n) is 6.34. The minimum atomic E-state index is 0.108. The summed E-state index contributed by atoms with van der Waals surface area (Å²) in [6, 6.07) is 13.9. The molecule has 5 nitrogen and oxygen atoms in total. The molecule has 1 aromatic heterocycles. The van der Waals surface area contributed by atoms with Crippen LogP contribution >= 0.6 is 11.6 Å². The molecule has 0 aliphatic heterocycles. The van der Waals surface area contributed by atoms with Crippen molar-refractivity contribution in [1.29, 1.82) is 0 Å². The van der Waals surface area contributed by atoms with Crippen LogP contribution in [-0.4, -0.2) is 24.0 Å². The maximum Gasteiger partial charge on any atom is 0.165 e. The molecule has 1 N–H and O–H groups in total. The molecule has 0 saturated carbocycles. The maximum absolute atomic E-state index is 6.21. The molecule has 2 aromatic carbocycles. The van der Waals surface area contributed by atoms with Crippen LogP contribution in [0.25, 0.3) is 5.69 Å². The molecule has 0 amide bonds. The number of methoxy groups -OCH3 is 2. The molecule has 0 aliphatic rings. The first-order valence-electron chi connectivity index (χ1n) is 8.79. The molecule has 142 valence electrons. The van der Waals surface area contributed by atoms with Crippen molar-refractivity contribution in [1.82, 2.24) is 15.1 Å². The fraction of sp³-hybridized carbons (Fsp3) is 0.286. The molecule has 0 aliphatic carbocycles. The van der Waals surface area contributed by atoms with Gasteiger partial charge in [-0.15, -0.1) is 0 Å². The van der Waals surface area contributed by atoms with E-state index in [9.17, 15) is 0 Å². The molecule has 0 radical (unpaired) electrons. The van der Waals surface area contributed by atoms with E-state index in [1.54, 1.807) is 20.3 Å². The largest absolute Gasteiger partial charge is 0.493 e. The van der Waals surface area contributed by atoms with Crippen LogP contribution in [0.2, 0.25) is 5.02 Å². The first kappa shape index (κ1) is 19.3. The molecule has 27 heavy (non-hydrogen) atoms. The first-order valence-corrected chi connectivity index (χ1v) is 9.16. The second kappa shape index (κ2) is 8.46. The molecular weight excluding hydrogens is 362 g/mol. The van der Waals surface area contributed by atoms with Crippen LogP contribution in [-0.2, 0) is 6.54 Å². The van der Waals surface area contributed by atoms with Gasteiger partial charge in [-0.25, -0.2) is 4.68 Å². The molecule has 6 heteroatoms. The van der Waals surface area contributed by atoms with Crippen molar-refractivity contribution < 1.29 is 9.47 Å². The number of hydrogen-bond acceptors (Lipinski definition) is 4. The molecule has 0 spiro atoms. The predicted octanol–water partition coefficient (Wildman–Crippen LogP) is 4.70. The highest BCUT2D eigenvalue weighted by Crippen LogP contribution is 2.34. The molecule has 0 fully saturated rings. The zero-order chi connectivity index (χ0) is 19.4. The van der Waals surface area contributed by atoms with Gasteiger partial charge in [-0.05, 0) is 32.0 Å². The second-order valence-corrected chi connectivity index (χ2v) is 6.77. The van der Waals surface area contributed by atoms with E-state index in [1.807, 2.05) is 47.3 Å². The van der Waals surface area contributed by atoms with Crippen molar-refractivity contribution in [3.63, 3.8) is 0 Å². The van der Waals surface area contributed by atoms with E-state index in [2.05, 4.69) is 24.3 Å². The highest BCUT2D eigenvalue weighted by atomic mass is 35.5. The van der Waals surface area contributed by atoms with Crippen molar-refractivity contribution in [2.24, 2.45) is 0 Å². The third kappa shape index (κ3) is 4.10. The number of ether oxygens (including phenoxy) is 2. The lowest BCUT2D eigenvalue weighted by atomic mass is 10.1. The van der Waals surface area contributed by atoms with Crippen LogP contribution in [0.15, 0.2) is 48.7 Å². The number of rotatable bonds is 7. The summed E-state index contributed by atoms with van der Waals surface area (Å²) in [4.78, 5) is 0. The molecule has 1 heterocycles. The van der Waals surface area contributed by atoms with Crippen molar-refractivity contribution >= 4 is 11.6 Å². The van der Waals surface area contributed by atoms with Crippen molar-refractivity contribution in [2.75, 3.05) is 14.2 Å². The Labute approximate surface area is 164 Å². The van der Waals surface area contributed by atoms with E-state index >= 15 is 0 Å². The molecule has 0 unspecified atom stereocenters. The Morgan fingerprint density at radius 3 is 2.56 bits per heavy atom. The number of halogens is 1. The summed E-state index contributed by atoms with van der Waals surface area (Å²) in [5.41, 5.74) is 4.25. The Morgan fingerprint density at radius 1 is 1.15 bits per heavy atom. The summed E-state index contributed by atoms with van der Waals surface area (Å²) in [6.45, 7) is 4.79. The van der Waals surface area contributed by atoms with Gasteiger partial charge in [0, 0.05) is 40.5 Å². The highest BCUT2D eigenvalue weighted by molar-refractivity contribution is 6.30. The number of benzene rings is 2. The smallest absolute Gasteiger partial charge is 0.165 e. The average molecular weight is 386 g/mol. The summed E-state index contributed by atoms with van der Waals surface area (Å²) in [6.07, 6.45) is 1.91. The Morgan fingerprint density at radius 2 is 1.89 bits per heavy atom. The number of nitrogens with zero attached hydrogens (tertiary/aromatic N) is 2. The number of hydrogen-bond donors (Lipinski definition) is 1. The number of para-hydroxylation sites is 1. The fourth-order valence-electron chi connectivity index (χ4n) is 3.19. The Balaban J connectivity index is 1.79. The van der Waals surface area contributed by atoms with Gasteiger partial charge >= 0.3 is 0 Å². The minimum Gasteiger partial charge on any atom is -0.493 e. The Hall–Kier alpha value is -2.50. The van der Waals surface area contributed by atoms with E-state index in [0.29, 0.717) is 23.1 Å². The third-order valence-electron chi connectivity index (χ3n) is 4.63. The van der Waals surface area contributed by atoms with E-state index < -0.39 is 0 Å². The van der Waals surface area contributed by atoms with E-state index in [0.717, 1.165) is 22.5 Å². The lowest BCUT2D eigenvalue weighted by molar-refractivity contribution is 0.350. The van der Waals surface area contributed by atoms with Crippen LogP contribution in [0.1, 0.15) is 29.8 Å². The lowest BCUT2D eigenvalue weighted by Crippen LogP contribution is -2.19. The van der Waals surface area contributed by atoms with Crippen LogP contribution in [0.4, 0.5) is 0 Å². The zero-order valence-corrected chi connectivity index (χ0v) is 16.7. The summed E-state index contributed by atoms with van der Waals surface area (Å²) in [5, 5.41) is 8.69. The topological polar surface area (TPSA) is 48.3 Å². The minimum absolute atomic E-state index is 0.108. The Bertz CT molecular complexity index is 909. The Kier molecular flexibility index (Phi) is 6.04. The summed E-state index contributed by atoms with van der Waals surface area (Å²) < 4.78 is 12.8. The van der Waals surface area contributed by atoms with Gasteiger partial charge in [0.2, 0.25) is 0 Å². The number of aromatic nitrogens is 2. The molecule has 3 aromatic rings. The highest BCUT2D eigenvalue weighted by Gasteiger charge is 2.16. The van der Waals surface area contributed by atoms with Gasteiger partial charge < -0.3 is 14.8 Å². The molecular formula is C21H24ClN3O2. The number of nitrogens with one attached hydrogen (secondary N) is 1. The zero-order valence-electron chi connectivity index (χ0n) is 16.0. The van der Waals surface area contributed by atoms with Gasteiger partial charge in [-0.3, -0.25) is 0 Å². The lowest BCUT2D eigenvalue weighted by Gasteiger charge is -2.17. The van der Waals surface area contributed by atoms with Gasteiger partial charge in [0.15, 0.2) is 11.5 Å². The standard InChI is InChI=1S/C21H24ClN3O2/c1-14(19-13-24-25(15(19)2)18-8-6-5-7-9-18)23-12-16-10-17(22)11-20(26-3)21(16)27-4/h5-11,13-14,23H,12H2,1-4H3/t14-/m1/s1. The molecule has 1 atom stereocenters. The quantitative estimate of drug-likeness (QED) is 0.640. The normalized spacial score (nSPS) is 12.0. The molecule has 3 rings (SSSR count). The molecule has 0 bridgehead atoms. The summed E-state index contributed by atoms with van der Waals surface area (Å²) >= 11 is 6.21. The summed E-state index contributed by atoms with van der Waals surface area (Å²) in [5.74, 6) is 1.32. The van der Waals surface area contributed by atoms with E-state index in [-0.39, 0.29) is 6.04 Å². The van der Waals surface area contributed by atoms with Gasteiger partial charge in [0.1, 0.15) is 0 Å². The van der Waals surface area contributed by atoms with E-state index in [4.69, 9.17) is 21.1 Å². The SMILES string of the molecule is COc1cc(Cl)cc(CN[C@H](C)c2cnn(-c3ccccc3)c2C)c1OC. The van der Waals surface area contributed by atoms with Gasteiger partial charge in [-0.1, -0.05) is 29.8 Å². The van der Waals surface area contributed by atoms with Crippen molar-refractivity contribution in [3.05, 3.63) is 70.5 Å². The van der Waals surface area contributed by atoms with Crippen LogP contribution < -0.4 is 14.8 Å². The van der Waals surface area contributed by atoms with Crippen LogP contribution in [0.5, 0.6) is 11.5 Å². The van der Waals surface area contributed by atoms with Crippen LogP contribution in [0.3, 0.4) is 0 Å². The maximum atomic E-state index is 6.21. The average Bonchev–Trinajstić information content (AvgIpc) is 3.07. The first-order chi connectivity index (χ1) is 13.0. The van der Waals surface area contributed by atoms with E-state index in [1.165, 1.54) is 0 Å². The van der Waals surface area contributed by atoms with Crippen LogP contribution in [0, 0.1) is 6.92 Å². The molecule has 0 saturated heterocycles. The van der Waals surface area contributed by atoms with Gasteiger partial charge in [0.25, 0.3) is 0 Å². The predicted molar refractivity (Wildman–Crippen MR) is 108 cm³/mol.